The number of sulfonamides is 1. The molecule has 0 fully saturated rings. The third kappa shape index (κ3) is 6.80. The molecule has 3 rings (SSSR count). The predicted octanol–water partition coefficient (Wildman–Crippen LogP) is 4.54. The normalized spacial score (nSPS) is 12.4. The Bertz CT molecular complexity index is 1190. The molecule has 1 aromatic heterocycles. The molecule has 0 saturated heterocycles. The standard InChI is InChI=1S/C23H26N4O5S/c1-17(28)8-4-2-7-11-21(23-24-16-22(25-23)18-9-5-3-6-10-18)26-33(31,32)20-14-12-19(13-15-20)27(29)30/h3,5-6,9-10,12-16,21,26H,2,4,7-8,11H2,1H3,(H,24,25)/t21-/m0/s1. The van der Waals surface area contributed by atoms with Gasteiger partial charge in [-0.05, 0) is 37.5 Å². The molecule has 1 atom stereocenters. The van der Waals surface area contributed by atoms with Gasteiger partial charge in [-0.3, -0.25) is 10.1 Å². The number of carbonyl (C=O) groups is 1. The van der Waals surface area contributed by atoms with Gasteiger partial charge < -0.3 is 9.78 Å². The molecule has 0 bridgehead atoms. The third-order valence-electron chi connectivity index (χ3n) is 5.19. The van der Waals surface area contributed by atoms with E-state index in [4.69, 9.17) is 0 Å². The number of nitrogens with one attached hydrogen (secondary N) is 2. The summed E-state index contributed by atoms with van der Waals surface area (Å²) in [7, 11) is -3.95. The molecule has 0 aliphatic rings. The molecule has 1 heterocycles. The molecule has 10 heteroatoms. The third-order valence-corrected chi connectivity index (χ3v) is 6.67. The van der Waals surface area contributed by atoms with E-state index < -0.39 is 21.0 Å². The van der Waals surface area contributed by atoms with E-state index in [1.54, 1.807) is 13.1 Å². The van der Waals surface area contributed by atoms with Gasteiger partial charge in [-0.1, -0.05) is 43.2 Å². The van der Waals surface area contributed by atoms with Gasteiger partial charge in [0.2, 0.25) is 10.0 Å². The van der Waals surface area contributed by atoms with E-state index in [1.165, 1.54) is 12.1 Å². The maximum atomic E-state index is 13.0. The van der Waals surface area contributed by atoms with E-state index in [0.29, 0.717) is 25.1 Å². The zero-order valence-electron chi connectivity index (χ0n) is 18.2. The molecule has 0 spiro atoms. The van der Waals surface area contributed by atoms with Crippen LogP contribution in [0, 0.1) is 10.1 Å². The van der Waals surface area contributed by atoms with E-state index >= 15 is 0 Å². The molecule has 33 heavy (non-hydrogen) atoms. The number of ketones is 1. The number of nitro groups is 1. The van der Waals surface area contributed by atoms with Crippen molar-refractivity contribution in [3.63, 3.8) is 0 Å². The molecule has 2 N–H and O–H groups in total. The minimum atomic E-state index is -3.95. The Labute approximate surface area is 192 Å². The molecule has 0 amide bonds. The van der Waals surface area contributed by atoms with Crippen LogP contribution in [-0.2, 0) is 14.8 Å². The van der Waals surface area contributed by atoms with E-state index in [-0.39, 0.29) is 16.4 Å². The summed E-state index contributed by atoms with van der Waals surface area (Å²) in [6, 6.07) is 13.7. The summed E-state index contributed by atoms with van der Waals surface area (Å²) in [5, 5.41) is 10.9. The molecule has 0 aliphatic carbocycles. The predicted molar refractivity (Wildman–Crippen MR) is 124 cm³/mol. The van der Waals surface area contributed by atoms with Crippen molar-refractivity contribution >= 4 is 21.5 Å². The largest absolute Gasteiger partial charge is 0.341 e. The highest BCUT2D eigenvalue weighted by Crippen LogP contribution is 2.25. The molecular weight excluding hydrogens is 444 g/mol. The number of hydrogen-bond donors (Lipinski definition) is 2. The molecular formula is C23H26N4O5S. The minimum absolute atomic E-state index is 0.0653. The van der Waals surface area contributed by atoms with Gasteiger partial charge in [0.05, 0.1) is 27.8 Å². The average Bonchev–Trinajstić information content (AvgIpc) is 3.29. The minimum Gasteiger partial charge on any atom is -0.341 e. The van der Waals surface area contributed by atoms with Crippen LogP contribution in [0.15, 0.2) is 65.7 Å². The second-order valence-corrected chi connectivity index (χ2v) is 9.49. The van der Waals surface area contributed by atoms with Crippen LogP contribution in [0.3, 0.4) is 0 Å². The Hall–Kier alpha value is -3.37. The molecule has 3 aromatic rings. The van der Waals surface area contributed by atoms with Gasteiger partial charge in [-0.15, -0.1) is 0 Å². The van der Waals surface area contributed by atoms with E-state index in [9.17, 15) is 23.3 Å². The SMILES string of the molecule is CC(=O)CCCCC[C@H](NS(=O)(=O)c1ccc([N+](=O)[O-])cc1)c1ncc(-c2ccccc2)[nH]1. The van der Waals surface area contributed by atoms with E-state index in [0.717, 1.165) is 36.2 Å². The summed E-state index contributed by atoms with van der Waals surface area (Å²) in [6.45, 7) is 1.55. The first-order valence-electron chi connectivity index (χ1n) is 10.6. The maximum absolute atomic E-state index is 13.0. The fourth-order valence-corrected chi connectivity index (χ4v) is 4.67. The summed E-state index contributed by atoms with van der Waals surface area (Å²) in [6.07, 6.45) is 4.85. The Kier molecular flexibility index (Phi) is 8.07. The first kappa shape index (κ1) is 24.3. The van der Waals surface area contributed by atoms with Crippen LogP contribution < -0.4 is 4.72 Å². The van der Waals surface area contributed by atoms with Gasteiger partial charge >= 0.3 is 0 Å². The Morgan fingerprint density at radius 3 is 2.42 bits per heavy atom. The number of non-ortho nitro benzene ring substituents is 1. The van der Waals surface area contributed by atoms with Crippen molar-refractivity contribution in [1.29, 1.82) is 0 Å². The topological polar surface area (TPSA) is 135 Å². The fourth-order valence-electron chi connectivity index (χ4n) is 3.43. The second-order valence-electron chi connectivity index (χ2n) is 7.77. The van der Waals surface area contributed by atoms with Gasteiger partial charge in [-0.25, -0.2) is 18.1 Å². The zero-order chi connectivity index (χ0) is 23.8. The van der Waals surface area contributed by atoms with Crippen molar-refractivity contribution in [3.8, 4) is 11.3 Å². The number of H-pyrrole nitrogens is 1. The number of rotatable bonds is 12. The van der Waals surface area contributed by atoms with Crippen LogP contribution in [-0.4, -0.2) is 29.1 Å². The Morgan fingerprint density at radius 1 is 1.09 bits per heavy atom. The van der Waals surface area contributed by atoms with Crippen LogP contribution in [0.1, 0.15) is 50.9 Å². The molecule has 0 saturated carbocycles. The van der Waals surface area contributed by atoms with Crippen molar-refractivity contribution in [3.05, 3.63) is 76.7 Å². The Morgan fingerprint density at radius 2 is 1.79 bits per heavy atom. The number of hydrogen-bond acceptors (Lipinski definition) is 6. The number of imidazole rings is 1. The molecule has 0 aliphatic heterocycles. The number of nitro benzene ring substituents is 1. The van der Waals surface area contributed by atoms with E-state index in [1.807, 2.05) is 30.3 Å². The van der Waals surface area contributed by atoms with Crippen LogP contribution in [0.25, 0.3) is 11.3 Å². The highest BCUT2D eigenvalue weighted by atomic mass is 32.2. The smallest absolute Gasteiger partial charge is 0.269 e. The van der Waals surface area contributed by atoms with Gasteiger partial charge in [0, 0.05) is 18.6 Å². The Balaban J connectivity index is 1.80. The van der Waals surface area contributed by atoms with Crippen LogP contribution >= 0.6 is 0 Å². The highest BCUT2D eigenvalue weighted by molar-refractivity contribution is 7.89. The second kappa shape index (κ2) is 11.0. The fraction of sp³-hybridized carbons (Fsp3) is 0.304. The van der Waals surface area contributed by atoms with E-state index in [2.05, 4.69) is 14.7 Å². The number of carbonyl (C=O) groups excluding carboxylic acids is 1. The van der Waals surface area contributed by atoms with Crippen LogP contribution in [0.5, 0.6) is 0 Å². The lowest BCUT2D eigenvalue weighted by atomic mass is 10.1. The molecule has 0 radical (unpaired) electrons. The van der Waals surface area contributed by atoms with Crippen LogP contribution in [0.2, 0.25) is 0 Å². The summed E-state index contributed by atoms with van der Waals surface area (Å²) >= 11 is 0. The molecule has 174 valence electrons. The van der Waals surface area contributed by atoms with Gasteiger partial charge in [0.1, 0.15) is 11.6 Å². The molecule has 2 aromatic carbocycles. The van der Waals surface area contributed by atoms with Gasteiger partial charge in [0.15, 0.2) is 0 Å². The van der Waals surface area contributed by atoms with Crippen molar-refractivity contribution < 1.29 is 18.1 Å². The lowest BCUT2D eigenvalue weighted by molar-refractivity contribution is -0.384. The van der Waals surface area contributed by atoms with Crippen LogP contribution in [0.4, 0.5) is 5.69 Å². The summed E-state index contributed by atoms with van der Waals surface area (Å²) in [4.78, 5) is 29.0. The maximum Gasteiger partial charge on any atom is 0.269 e. The summed E-state index contributed by atoms with van der Waals surface area (Å²) < 4.78 is 28.7. The van der Waals surface area contributed by atoms with Crippen molar-refractivity contribution in [2.24, 2.45) is 0 Å². The van der Waals surface area contributed by atoms with Crippen molar-refractivity contribution in [2.45, 2.75) is 50.0 Å². The molecule has 9 nitrogen and oxygen atoms in total. The first-order valence-corrected chi connectivity index (χ1v) is 12.1. The lowest BCUT2D eigenvalue weighted by Crippen LogP contribution is -2.29. The zero-order valence-corrected chi connectivity index (χ0v) is 19.0. The van der Waals surface area contributed by atoms with Gasteiger partial charge in [-0.2, -0.15) is 0 Å². The average molecular weight is 471 g/mol. The number of nitrogens with zero attached hydrogens (tertiary/aromatic N) is 2. The quantitative estimate of drug-likeness (QED) is 0.227. The number of aromatic amines is 1. The molecule has 0 unspecified atom stereocenters. The van der Waals surface area contributed by atoms with Crippen molar-refractivity contribution in [1.82, 2.24) is 14.7 Å². The number of benzene rings is 2. The lowest BCUT2D eigenvalue weighted by Gasteiger charge is -2.17. The van der Waals surface area contributed by atoms with Gasteiger partial charge in [0.25, 0.3) is 5.69 Å². The number of unbranched alkanes of at least 4 members (excludes halogenated alkanes) is 2. The summed E-state index contributed by atoms with van der Waals surface area (Å²) in [5.41, 5.74) is 1.51. The number of Topliss-reactive ketones (excluding diaryl/α,β-unsaturated/α-hetero) is 1. The summed E-state index contributed by atoms with van der Waals surface area (Å²) in [5.74, 6) is 0.606. The highest BCUT2D eigenvalue weighted by Gasteiger charge is 2.24. The van der Waals surface area contributed by atoms with Crippen molar-refractivity contribution in [2.75, 3.05) is 0 Å². The number of aromatic nitrogens is 2. The first-order chi connectivity index (χ1) is 15.8. The monoisotopic (exact) mass is 470 g/mol.